The maximum atomic E-state index is 11.9. The minimum atomic E-state index is -2.91. The van der Waals surface area contributed by atoms with Gasteiger partial charge in [0.1, 0.15) is 0 Å². The fourth-order valence-corrected chi connectivity index (χ4v) is 4.24. The molecule has 0 spiro atoms. The van der Waals surface area contributed by atoms with Crippen molar-refractivity contribution >= 4 is 9.84 Å². The van der Waals surface area contributed by atoms with Gasteiger partial charge in [-0.3, -0.25) is 4.68 Å². The summed E-state index contributed by atoms with van der Waals surface area (Å²) in [6, 6.07) is 1.91. The first-order valence-corrected chi connectivity index (χ1v) is 7.68. The molecule has 1 aromatic heterocycles. The quantitative estimate of drug-likeness (QED) is 0.849. The highest BCUT2D eigenvalue weighted by Gasteiger charge is 2.29. The van der Waals surface area contributed by atoms with Gasteiger partial charge in [0.2, 0.25) is 0 Å². The molecule has 0 saturated carbocycles. The molecule has 0 radical (unpaired) electrons. The molecule has 6 heteroatoms. The van der Waals surface area contributed by atoms with E-state index < -0.39 is 9.84 Å². The van der Waals surface area contributed by atoms with Crippen molar-refractivity contribution in [2.24, 2.45) is 12.8 Å². The Morgan fingerprint density at radius 3 is 2.88 bits per heavy atom. The molecule has 1 saturated heterocycles. The molecule has 0 aliphatic carbocycles. The Bertz CT molecular complexity index is 493. The van der Waals surface area contributed by atoms with E-state index in [4.69, 9.17) is 5.73 Å². The van der Waals surface area contributed by atoms with Gasteiger partial charge in [0, 0.05) is 20.0 Å². The first-order chi connectivity index (χ1) is 8.03. The van der Waals surface area contributed by atoms with Crippen LogP contribution in [-0.4, -0.2) is 29.2 Å². The van der Waals surface area contributed by atoms with E-state index in [1.54, 1.807) is 4.68 Å². The molecule has 0 amide bonds. The zero-order valence-corrected chi connectivity index (χ0v) is 10.9. The summed E-state index contributed by atoms with van der Waals surface area (Å²) in [5.41, 5.74) is 7.35. The van der Waals surface area contributed by atoms with Crippen LogP contribution in [0.5, 0.6) is 0 Å². The molecule has 5 nitrogen and oxygen atoms in total. The molecule has 2 N–H and O–H groups in total. The van der Waals surface area contributed by atoms with Gasteiger partial charge in [0.05, 0.1) is 22.4 Å². The molecule has 96 valence electrons. The van der Waals surface area contributed by atoms with Gasteiger partial charge in [-0.1, -0.05) is 6.42 Å². The zero-order valence-electron chi connectivity index (χ0n) is 10.1. The molecule has 0 aromatic carbocycles. The maximum absolute atomic E-state index is 11.9. The van der Waals surface area contributed by atoms with Gasteiger partial charge in [-0.2, -0.15) is 5.10 Å². The minimum Gasteiger partial charge on any atom is -0.325 e. The second-order valence-electron chi connectivity index (χ2n) is 4.64. The van der Waals surface area contributed by atoms with Crippen LogP contribution in [0.1, 0.15) is 30.7 Å². The highest BCUT2D eigenvalue weighted by atomic mass is 32.2. The van der Waals surface area contributed by atoms with E-state index >= 15 is 0 Å². The number of rotatable bonds is 3. The third-order valence-electron chi connectivity index (χ3n) is 3.39. The monoisotopic (exact) mass is 257 g/mol. The van der Waals surface area contributed by atoms with Crippen LogP contribution in [0.15, 0.2) is 6.07 Å². The van der Waals surface area contributed by atoms with E-state index in [-0.39, 0.29) is 5.25 Å². The summed E-state index contributed by atoms with van der Waals surface area (Å²) in [5, 5.41) is 4.06. The number of hydrogen-bond donors (Lipinski definition) is 1. The molecule has 1 aliphatic heterocycles. The standard InChI is InChI=1S/C11H19N3O2S/c1-14-10(8-12)6-9(13-14)7-11-4-2-3-5-17(11,15)16/h6,11H,2-5,7-8,12H2,1H3. The van der Waals surface area contributed by atoms with Crippen molar-refractivity contribution in [1.29, 1.82) is 0 Å². The van der Waals surface area contributed by atoms with E-state index in [1.165, 1.54) is 0 Å². The van der Waals surface area contributed by atoms with E-state index in [1.807, 2.05) is 13.1 Å². The number of nitrogens with two attached hydrogens (primary N) is 1. The third-order valence-corrected chi connectivity index (χ3v) is 5.66. The molecule has 0 bridgehead atoms. The Labute approximate surface area is 102 Å². The summed E-state index contributed by atoms with van der Waals surface area (Å²) < 4.78 is 25.5. The lowest BCUT2D eigenvalue weighted by Crippen LogP contribution is -2.30. The maximum Gasteiger partial charge on any atom is 0.153 e. The number of sulfone groups is 1. The lowest BCUT2D eigenvalue weighted by molar-refractivity contribution is 0.535. The average molecular weight is 257 g/mol. The van der Waals surface area contributed by atoms with Crippen LogP contribution in [-0.2, 0) is 29.9 Å². The van der Waals surface area contributed by atoms with Crippen LogP contribution in [0.2, 0.25) is 0 Å². The normalized spacial score (nSPS) is 23.8. The van der Waals surface area contributed by atoms with Crippen molar-refractivity contribution in [2.45, 2.75) is 37.5 Å². The van der Waals surface area contributed by atoms with Crippen molar-refractivity contribution in [3.63, 3.8) is 0 Å². The summed E-state index contributed by atoms with van der Waals surface area (Å²) in [6.07, 6.45) is 3.09. The number of hydrogen-bond acceptors (Lipinski definition) is 4. The second-order valence-corrected chi connectivity index (χ2v) is 7.04. The summed E-state index contributed by atoms with van der Waals surface area (Å²) in [6.45, 7) is 0.431. The van der Waals surface area contributed by atoms with Crippen molar-refractivity contribution in [3.8, 4) is 0 Å². The summed E-state index contributed by atoms with van der Waals surface area (Å²) in [4.78, 5) is 0. The summed E-state index contributed by atoms with van der Waals surface area (Å²) in [7, 11) is -1.08. The lowest BCUT2D eigenvalue weighted by Gasteiger charge is -2.21. The van der Waals surface area contributed by atoms with E-state index in [9.17, 15) is 8.42 Å². The fourth-order valence-electron chi connectivity index (χ4n) is 2.35. The molecule has 2 rings (SSSR count). The zero-order chi connectivity index (χ0) is 12.5. The Morgan fingerprint density at radius 1 is 1.53 bits per heavy atom. The molecule has 1 unspecified atom stereocenters. The predicted molar refractivity (Wildman–Crippen MR) is 66.2 cm³/mol. The van der Waals surface area contributed by atoms with Gasteiger partial charge >= 0.3 is 0 Å². The van der Waals surface area contributed by atoms with Crippen LogP contribution in [0, 0.1) is 0 Å². The smallest absolute Gasteiger partial charge is 0.153 e. The first kappa shape index (κ1) is 12.6. The highest BCUT2D eigenvalue weighted by molar-refractivity contribution is 7.92. The molecule has 2 heterocycles. The van der Waals surface area contributed by atoms with E-state index in [0.717, 1.165) is 30.7 Å². The molecule has 1 atom stereocenters. The predicted octanol–water partition coefficient (Wildman–Crippen LogP) is 0.389. The number of nitrogens with zero attached hydrogens (tertiary/aromatic N) is 2. The largest absolute Gasteiger partial charge is 0.325 e. The lowest BCUT2D eigenvalue weighted by atomic mass is 10.1. The molecule has 1 fully saturated rings. The SMILES string of the molecule is Cn1nc(CC2CCCCS2(=O)=O)cc1CN. The number of aryl methyl sites for hydroxylation is 1. The Hall–Kier alpha value is -0.880. The van der Waals surface area contributed by atoms with Gasteiger partial charge in [-0.15, -0.1) is 0 Å². The fraction of sp³-hybridized carbons (Fsp3) is 0.727. The van der Waals surface area contributed by atoms with Gasteiger partial charge in [0.15, 0.2) is 9.84 Å². The van der Waals surface area contributed by atoms with Crippen LogP contribution < -0.4 is 5.73 Å². The Balaban J connectivity index is 2.14. The highest BCUT2D eigenvalue weighted by Crippen LogP contribution is 2.22. The molecule has 1 aromatic rings. The van der Waals surface area contributed by atoms with Crippen LogP contribution >= 0.6 is 0 Å². The van der Waals surface area contributed by atoms with Crippen LogP contribution in [0.25, 0.3) is 0 Å². The third kappa shape index (κ3) is 2.69. The number of aromatic nitrogens is 2. The van der Waals surface area contributed by atoms with E-state index in [2.05, 4.69) is 5.10 Å². The van der Waals surface area contributed by atoms with Gasteiger partial charge in [-0.05, 0) is 18.9 Å². The minimum absolute atomic E-state index is 0.253. The van der Waals surface area contributed by atoms with Gasteiger partial charge in [0.25, 0.3) is 0 Å². The van der Waals surface area contributed by atoms with Crippen molar-refractivity contribution < 1.29 is 8.42 Å². The van der Waals surface area contributed by atoms with Crippen LogP contribution in [0.3, 0.4) is 0 Å². The van der Waals surface area contributed by atoms with Crippen molar-refractivity contribution in [3.05, 3.63) is 17.5 Å². The average Bonchev–Trinajstić information content (AvgIpc) is 2.62. The topological polar surface area (TPSA) is 78.0 Å². The van der Waals surface area contributed by atoms with Gasteiger partial charge < -0.3 is 5.73 Å². The Kier molecular flexibility index (Phi) is 3.53. The van der Waals surface area contributed by atoms with Crippen LogP contribution in [0.4, 0.5) is 0 Å². The van der Waals surface area contributed by atoms with Crippen molar-refractivity contribution in [2.75, 3.05) is 5.75 Å². The molecule has 1 aliphatic rings. The Morgan fingerprint density at radius 2 is 2.29 bits per heavy atom. The first-order valence-electron chi connectivity index (χ1n) is 5.96. The van der Waals surface area contributed by atoms with Crippen molar-refractivity contribution in [1.82, 2.24) is 9.78 Å². The summed E-state index contributed by atoms with van der Waals surface area (Å²) in [5.74, 6) is 0.328. The van der Waals surface area contributed by atoms with Gasteiger partial charge in [-0.25, -0.2) is 8.42 Å². The molecular formula is C11H19N3O2S. The second kappa shape index (κ2) is 4.78. The molecular weight excluding hydrogens is 238 g/mol. The molecule has 17 heavy (non-hydrogen) atoms. The van der Waals surface area contributed by atoms with E-state index in [0.29, 0.717) is 18.7 Å². The summed E-state index contributed by atoms with van der Waals surface area (Å²) >= 11 is 0.